The summed E-state index contributed by atoms with van der Waals surface area (Å²) < 4.78 is 12.7. The largest absolute Gasteiger partial charge is 0.546 e. The standard InChI is InChI=1S/C18H25NO4Si/c1-7-22-17(21)13-15(23-24(5)6)14(18(2,3)4)12-10-8-9-11-19(12)16(13)20/h8-11,24H,7H2,1-6H3. The number of pyridine rings is 2. The Morgan fingerprint density at radius 1 is 1.25 bits per heavy atom. The Labute approximate surface area is 143 Å². The third kappa shape index (κ3) is 3.38. The molecule has 0 amide bonds. The zero-order chi connectivity index (χ0) is 18.1. The lowest BCUT2D eigenvalue weighted by Gasteiger charge is -2.27. The maximum Gasteiger partial charge on any atom is 0.347 e. The van der Waals surface area contributed by atoms with Gasteiger partial charge in [0, 0.05) is 11.8 Å². The molecule has 0 N–H and O–H groups in total. The molecule has 0 aliphatic heterocycles. The minimum absolute atomic E-state index is 0.00771. The van der Waals surface area contributed by atoms with Gasteiger partial charge in [-0.1, -0.05) is 26.8 Å². The number of aromatic nitrogens is 1. The van der Waals surface area contributed by atoms with Crippen LogP contribution in [0.25, 0.3) is 5.52 Å². The average molecular weight is 347 g/mol. The summed E-state index contributed by atoms with van der Waals surface area (Å²) in [5.41, 5.74) is 0.896. The molecule has 0 spiro atoms. The van der Waals surface area contributed by atoms with Gasteiger partial charge in [0.25, 0.3) is 5.56 Å². The van der Waals surface area contributed by atoms with E-state index in [1.54, 1.807) is 19.2 Å². The monoisotopic (exact) mass is 347 g/mol. The van der Waals surface area contributed by atoms with Crippen LogP contribution in [0.15, 0.2) is 29.2 Å². The van der Waals surface area contributed by atoms with Crippen LogP contribution in [0.5, 0.6) is 5.75 Å². The molecule has 0 unspecified atom stereocenters. The van der Waals surface area contributed by atoms with E-state index in [9.17, 15) is 9.59 Å². The van der Waals surface area contributed by atoms with Crippen molar-refractivity contribution in [1.82, 2.24) is 4.40 Å². The number of carbonyl (C=O) groups excluding carboxylic acids is 1. The second-order valence-electron chi connectivity index (χ2n) is 6.98. The fourth-order valence-electron chi connectivity index (χ4n) is 2.74. The summed E-state index contributed by atoms with van der Waals surface area (Å²) >= 11 is 0. The summed E-state index contributed by atoms with van der Waals surface area (Å²) in [5.74, 6) is -0.241. The summed E-state index contributed by atoms with van der Waals surface area (Å²) in [6.07, 6.45) is 1.67. The number of hydrogen-bond acceptors (Lipinski definition) is 4. The highest BCUT2D eigenvalue weighted by molar-refractivity contribution is 6.49. The summed E-state index contributed by atoms with van der Waals surface area (Å²) in [6.45, 7) is 12.1. The number of fused-ring (bicyclic) bond motifs is 1. The smallest absolute Gasteiger partial charge is 0.347 e. The lowest BCUT2D eigenvalue weighted by molar-refractivity contribution is 0.0521. The van der Waals surface area contributed by atoms with Crippen molar-refractivity contribution in [1.29, 1.82) is 0 Å². The van der Waals surface area contributed by atoms with E-state index in [1.807, 2.05) is 46.0 Å². The minimum atomic E-state index is -1.54. The number of nitrogens with zero attached hydrogens (tertiary/aromatic N) is 1. The van der Waals surface area contributed by atoms with Gasteiger partial charge in [0.2, 0.25) is 9.04 Å². The van der Waals surface area contributed by atoms with Crippen LogP contribution in [0, 0.1) is 0 Å². The van der Waals surface area contributed by atoms with Gasteiger partial charge in [-0.25, -0.2) is 4.79 Å². The van der Waals surface area contributed by atoms with Crippen LogP contribution in [0.4, 0.5) is 0 Å². The van der Waals surface area contributed by atoms with Gasteiger partial charge in [0.1, 0.15) is 5.75 Å². The molecule has 0 atom stereocenters. The highest BCUT2D eigenvalue weighted by Gasteiger charge is 2.31. The molecule has 0 saturated carbocycles. The van der Waals surface area contributed by atoms with E-state index in [1.165, 1.54) is 4.40 Å². The maximum atomic E-state index is 12.9. The maximum absolute atomic E-state index is 12.9. The van der Waals surface area contributed by atoms with Crippen LogP contribution >= 0.6 is 0 Å². The highest BCUT2D eigenvalue weighted by atomic mass is 28.3. The molecular formula is C18H25NO4Si. The van der Waals surface area contributed by atoms with Crippen LogP contribution < -0.4 is 9.99 Å². The predicted molar refractivity (Wildman–Crippen MR) is 97.8 cm³/mol. The van der Waals surface area contributed by atoms with E-state index in [-0.39, 0.29) is 17.6 Å². The van der Waals surface area contributed by atoms with Gasteiger partial charge in [-0.2, -0.15) is 0 Å². The summed E-state index contributed by atoms with van der Waals surface area (Å²) in [6, 6.07) is 5.53. The first-order valence-corrected chi connectivity index (χ1v) is 11.0. The zero-order valence-corrected chi connectivity index (χ0v) is 16.3. The van der Waals surface area contributed by atoms with Gasteiger partial charge in [-0.05, 0) is 37.6 Å². The summed E-state index contributed by atoms with van der Waals surface area (Å²) in [5, 5.41) is 0. The fraction of sp³-hybridized carbons (Fsp3) is 0.444. The number of rotatable bonds is 4. The van der Waals surface area contributed by atoms with E-state index >= 15 is 0 Å². The van der Waals surface area contributed by atoms with Crippen molar-refractivity contribution >= 4 is 20.5 Å². The molecule has 0 aliphatic rings. The van der Waals surface area contributed by atoms with Crippen molar-refractivity contribution in [2.24, 2.45) is 0 Å². The summed E-state index contributed by atoms with van der Waals surface area (Å²) in [4.78, 5) is 25.4. The second kappa shape index (κ2) is 6.81. The van der Waals surface area contributed by atoms with E-state index in [2.05, 4.69) is 0 Å². The van der Waals surface area contributed by atoms with Crippen molar-refractivity contribution in [3.8, 4) is 5.75 Å². The van der Waals surface area contributed by atoms with Crippen molar-refractivity contribution in [3.63, 3.8) is 0 Å². The van der Waals surface area contributed by atoms with Gasteiger partial charge in [0.15, 0.2) is 5.56 Å². The molecule has 2 rings (SSSR count). The van der Waals surface area contributed by atoms with Gasteiger partial charge >= 0.3 is 5.97 Å². The predicted octanol–water partition coefficient (Wildman–Crippen LogP) is 3.14. The first kappa shape index (κ1) is 18.3. The number of carbonyl (C=O) groups is 1. The van der Waals surface area contributed by atoms with Crippen LogP contribution in [0.2, 0.25) is 13.1 Å². The van der Waals surface area contributed by atoms with Crippen molar-refractivity contribution in [2.45, 2.75) is 46.2 Å². The van der Waals surface area contributed by atoms with Crippen LogP contribution in [0.3, 0.4) is 0 Å². The van der Waals surface area contributed by atoms with Crippen molar-refractivity contribution in [2.75, 3.05) is 6.61 Å². The topological polar surface area (TPSA) is 57.0 Å². The Balaban J connectivity index is 2.99. The number of hydrogen-bond donors (Lipinski definition) is 0. The molecule has 6 heteroatoms. The molecule has 130 valence electrons. The number of ether oxygens (including phenoxy) is 1. The molecule has 24 heavy (non-hydrogen) atoms. The molecule has 0 radical (unpaired) electrons. The molecule has 2 aromatic rings. The van der Waals surface area contributed by atoms with E-state index < -0.39 is 20.6 Å². The molecular weight excluding hydrogens is 322 g/mol. The molecule has 0 bridgehead atoms. The van der Waals surface area contributed by atoms with Gasteiger partial charge in [-0.3, -0.25) is 9.20 Å². The Bertz CT molecular complexity index is 818. The van der Waals surface area contributed by atoms with E-state index in [0.717, 1.165) is 11.1 Å². The van der Waals surface area contributed by atoms with Crippen LogP contribution in [-0.2, 0) is 10.2 Å². The fourth-order valence-corrected chi connectivity index (χ4v) is 3.45. The van der Waals surface area contributed by atoms with Crippen molar-refractivity contribution in [3.05, 3.63) is 45.9 Å². The zero-order valence-electron chi connectivity index (χ0n) is 15.2. The molecule has 0 saturated heterocycles. The Morgan fingerprint density at radius 2 is 1.92 bits per heavy atom. The molecule has 0 fully saturated rings. The first-order valence-electron chi connectivity index (χ1n) is 8.20. The third-order valence-corrected chi connectivity index (χ3v) is 4.29. The summed E-state index contributed by atoms with van der Waals surface area (Å²) in [7, 11) is -1.54. The lowest BCUT2D eigenvalue weighted by Crippen LogP contribution is -2.31. The highest BCUT2D eigenvalue weighted by Crippen LogP contribution is 2.36. The van der Waals surface area contributed by atoms with Gasteiger partial charge in [-0.15, -0.1) is 0 Å². The van der Waals surface area contributed by atoms with Crippen LogP contribution in [-0.4, -0.2) is 26.0 Å². The quantitative estimate of drug-likeness (QED) is 0.630. The Kier molecular flexibility index (Phi) is 5.18. The first-order chi connectivity index (χ1) is 11.2. The molecule has 2 aromatic heterocycles. The third-order valence-electron chi connectivity index (χ3n) is 3.59. The molecule has 2 heterocycles. The SMILES string of the molecule is CCOC(=O)c1c(O[SiH](C)C)c(C(C)(C)C)c2ccccn2c1=O. The lowest BCUT2D eigenvalue weighted by atomic mass is 9.84. The van der Waals surface area contributed by atoms with E-state index in [0.29, 0.717) is 5.75 Å². The average Bonchev–Trinajstić information content (AvgIpc) is 2.45. The Hall–Kier alpha value is -2.08. The minimum Gasteiger partial charge on any atom is -0.546 e. The van der Waals surface area contributed by atoms with Crippen LogP contribution in [0.1, 0.15) is 43.6 Å². The normalized spacial score (nSPS) is 11.8. The van der Waals surface area contributed by atoms with Gasteiger partial charge < -0.3 is 9.16 Å². The number of esters is 1. The van der Waals surface area contributed by atoms with E-state index in [4.69, 9.17) is 9.16 Å². The Morgan fingerprint density at radius 3 is 2.46 bits per heavy atom. The molecule has 5 nitrogen and oxygen atoms in total. The molecule has 0 aromatic carbocycles. The van der Waals surface area contributed by atoms with Crippen molar-refractivity contribution < 1.29 is 14.0 Å². The second-order valence-corrected chi connectivity index (χ2v) is 9.31. The molecule has 0 aliphatic carbocycles. The van der Waals surface area contributed by atoms with Gasteiger partial charge in [0.05, 0.1) is 12.1 Å².